The number of halogens is 2. The van der Waals surface area contributed by atoms with Gasteiger partial charge in [0.05, 0.1) is 0 Å². The number of carbonyl (C=O) groups excluding carboxylic acids is 2. The highest BCUT2D eigenvalue weighted by atomic mass is 35.5. The van der Waals surface area contributed by atoms with Crippen LogP contribution in [-0.4, -0.2) is 42.5 Å². The summed E-state index contributed by atoms with van der Waals surface area (Å²) in [4.78, 5) is 26.0. The van der Waals surface area contributed by atoms with Crippen LogP contribution in [0.1, 0.15) is 19.8 Å². The van der Waals surface area contributed by atoms with E-state index < -0.39 is 6.04 Å². The Kier molecular flexibility index (Phi) is 6.06. The molecule has 1 unspecified atom stereocenters. The summed E-state index contributed by atoms with van der Waals surface area (Å²) in [6.07, 6.45) is 1.43. The molecule has 5 nitrogen and oxygen atoms in total. The van der Waals surface area contributed by atoms with Crippen LogP contribution >= 0.6 is 23.2 Å². The predicted molar refractivity (Wildman–Crippen MR) is 86.3 cm³/mol. The fourth-order valence-electron chi connectivity index (χ4n) is 2.46. The molecule has 0 radical (unpaired) electrons. The van der Waals surface area contributed by atoms with Crippen molar-refractivity contribution in [2.24, 2.45) is 0 Å². The van der Waals surface area contributed by atoms with Crippen molar-refractivity contribution in [2.45, 2.75) is 25.8 Å². The van der Waals surface area contributed by atoms with E-state index in [0.717, 1.165) is 6.42 Å². The quantitative estimate of drug-likeness (QED) is 0.893. The van der Waals surface area contributed by atoms with E-state index >= 15 is 0 Å². The Balaban J connectivity index is 2.02. The molecule has 1 aliphatic rings. The van der Waals surface area contributed by atoms with Crippen LogP contribution in [0.5, 0.6) is 0 Å². The Morgan fingerprint density at radius 1 is 1.32 bits per heavy atom. The van der Waals surface area contributed by atoms with E-state index in [2.05, 4.69) is 5.32 Å². The number of nitrogens with one attached hydrogen (secondary N) is 1. The zero-order valence-electron chi connectivity index (χ0n) is 12.3. The van der Waals surface area contributed by atoms with E-state index in [9.17, 15) is 9.59 Å². The lowest BCUT2D eigenvalue weighted by atomic mass is 10.2. The third-order valence-corrected chi connectivity index (χ3v) is 3.87. The van der Waals surface area contributed by atoms with Crippen LogP contribution in [0.15, 0.2) is 18.2 Å². The molecule has 1 N–H and O–H groups in total. The Morgan fingerprint density at radius 3 is 2.64 bits per heavy atom. The van der Waals surface area contributed by atoms with Gasteiger partial charge in [-0.15, -0.1) is 0 Å². The van der Waals surface area contributed by atoms with Crippen LogP contribution in [-0.2, 0) is 14.3 Å². The van der Waals surface area contributed by atoms with E-state index in [1.807, 2.05) is 6.92 Å². The van der Waals surface area contributed by atoms with E-state index in [1.165, 1.54) is 0 Å². The minimum absolute atomic E-state index is 0.00325. The van der Waals surface area contributed by atoms with Crippen molar-refractivity contribution in [3.63, 3.8) is 0 Å². The van der Waals surface area contributed by atoms with Gasteiger partial charge in [0.25, 0.3) is 0 Å². The van der Waals surface area contributed by atoms with Gasteiger partial charge < -0.3 is 15.0 Å². The zero-order chi connectivity index (χ0) is 16.1. The minimum atomic E-state index is -0.481. The summed E-state index contributed by atoms with van der Waals surface area (Å²) in [6, 6.07) is 4.34. The van der Waals surface area contributed by atoms with Gasteiger partial charge in [0.2, 0.25) is 11.8 Å². The molecular formula is C15H18Cl2N2O3. The second-order valence-electron chi connectivity index (χ2n) is 5.03. The summed E-state index contributed by atoms with van der Waals surface area (Å²) in [5.41, 5.74) is 0.520. The van der Waals surface area contributed by atoms with Crippen LogP contribution in [0, 0.1) is 0 Å². The molecule has 1 atom stereocenters. The molecular weight excluding hydrogens is 327 g/mol. The number of anilines is 1. The van der Waals surface area contributed by atoms with E-state index in [0.29, 0.717) is 35.3 Å². The summed E-state index contributed by atoms with van der Waals surface area (Å²) >= 11 is 11.8. The van der Waals surface area contributed by atoms with Gasteiger partial charge in [0.15, 0.2) is 0 Å². The molecule has 7 heteroatoms. The first kappa shape index (κ1) is 17.1. The average molecular weight is 345 g/mol. The number of nitrogens with zero attached hydrogens (tertiary/aromatic N) is 1. The van der Waals surface area contributed by atoms with Gasteiger partial charge in [-0.2, -0.15) is 0 Å². The van der Waals surface area contributed by atoms with E-state index in [-0.39, 0.29) is 18.4 Å². The lowest BCUT2D eigenvalue weighted by Crippen LogP contribution is -2.44. The van der Waals surface area contributed by atoms with Crippen LogP contribution in [0.2, 0.25) is 10.0 Å². The highest BCUT2D eigenvalue weighted by Crippen LogP contribution is 2.24. The lowest BCUT2D eigenvalue weighted by Gasteiger charge is -2.24. The van der Waals surface area contributed by atoms with Crippen molar-refractivity contribution < 1.29 is 14.3 Å². The number of ether oxygens (including phenoxy) is 1. The molecule has 1 heterocycles. The summed E-state index contributed by atoms with van der Waals surface area (Å²) in [7, 11) is 0. The van der Waals surface area contributed by atoms with Crippen molar-refractivity contribution in [1.29, 1.82) is 0 Å². The predicted octanol–water partition coefficient (Wildman–Crippen LogP) is 2.96. The number of likely N-dealkylation sites (tertiary alicyclic amines) is 1. The van der Waals surface area contributed by atoms with Crippen molar-refractivity contribution in [1.82, 2.24) is 4.90 Å². The molecule has 1 fully saturated rings. The number of hydrogen-bond donors (Lipinski definition) is 1. The molecule has 0 saturated carbocycles. The maximum atomic E-state index is 12.4. The molecule has 1 aromatic rings. The zero-order valence-corrected chi connectivity index (χ0v) is 13.8. The first-order chi connectivity index (χ1) is 10.5. The Hall–Kier alpha value is -1.30. The largest absolute Gasteiger partial charge is 0.372 e. The minimum Gasteiger partial charge on any atom is -0.372 e. The van der Waals surface area contributed by atoms with Gasteiger partial charge in [0, 0.05) is 28.9 Å². The molecule has 1 aliphatic heterocycles. The summed E-state index contributed by atoms with van der Waals surface area (Å²) in [5.74, 6) is -0.399. The van der Waals surface area contributed by atoms with E-state index in [4.69, 9.17) is 27.9 Å². The summed E-state index contributed by atoms with van der Waals surface area (Å²) in [5, 5.41) is 3.65. The fraction of sp³-hybridized carbons (Fsp3) is 0.467. The third kappa shape index (κ3) is 4.35. The number of amides is 2. The van der Waals surface area contributed by atoms with Crippen molar-refractivity contribution >= 4 is 40.7 Å². The lowest BCUT2D eigenvalue weighted by molar-refractivity contribution is -0.140. The van der Waals surface area contributed by atoms with Crippen LogP contribution in [0.25, 0.3) is 0 Å². The third-order valence-electron chi connectivity index (χ3n) is 3.44. The molecule has 0 bridgehead atoms. The van der Waals surface area contributed by atoms with Gasteiger partial charge in [-0.25, -0.2) is 0 Å². The fourth-order valence-corrected chi connectivity index (χ4v) is 2.99. The number of benzene rings is 1. The van der Waals surface area contributed by atoms with Crippen molar-refractivity contribution in [2.75, 3.05) is 25.1 Å². The molecule has 1 saturated heterocycles. The van der Waals surface area contributed by atoms with Crippen LogP contribution in [0.3, 0.4) is 0 Å². The molecule has 2 amide bonds. The van der Waals surface area contributed by atoms with Gasteiger partial charge in [-0.3, -0.25) is 9.59 Å². The molecule has 2 rings (SSSR count). The molecule has 0 aliphatic carbocycles. The monoisotopic (exact) mass is 344 g/mol. The van der Waals surface area contributed by atoms with Gasteiger partial charge in [0.1, 0.15) is 12.6 Å². The first-order valence-electron chi connectivity index (χ1n) is 7.15. The topological polar surface area (TPSA) is 58.6 Å². The Bertz CT molecular complexity index is 545. The Labute approximate surface area is 139 Å². The van der Waals surface area contributed by atoms with Crippen molar-refractivity contribution in [3.05, 3.63) is 28.2 Å². The smallest absolute Gasteiger partial charge is 0.249 e. The molecule has 0 spiro atoms. The van der Waals surface area contributed by atoms with Gasteiger partial charge in [-0.05, 0) is 38.0 Å². The molecule has 0 aromatic heterocycles. The maximum Gasteiger partial charge on any atom is 0.249 e. The molecule has 120 valence electrons. The second kappa shape index (κ2) is 7.81. The SMILES string of the molecule is CCOCC(=O)N1CCCC1C(=O)Nc1cc(Cl)cc(Cl)c1. The van der Waals surface area contributed by atoms with Gasteiger partial charge >= 0.3 is 0 Å². The second-order valence-corrected chi connectivity index (χ2v) is 5.90. The standard InChI is InChI=1S/C15H18Cl2N2O3/c1-2-22-9-14(20)19-5-3-4-13(19)15(21)18-12-7-10(16)6-11(17)8-12/h6-8,13H,2-5,9H2,1H3,(H,18,21). The van der Waals surface area contributed by atoms with Crippen LogP contribution in [0.4, 0.5) is 5.69 Å². The van der Waals surface area contributed by atoms with Crippen molar-refractivity contribution in [3.8, 4) is 0 Å². The average Bonchev–Trinajstić information content (AvgIpc) is 2.93. The number of rotatable bonds is 5. The molecule has 22 heavy (non-hydrogen) atoms. The number of carbonyl (C=O) groups is 2. The summed E-state index contributed by atoms with van der Waals surface area (Å²) in [6.45, 7) is 2.87. The highest BCUT2D eigenvalue weighted by Gasteiger charge is 2.33. The highest BCUT2D eigenvalue weighted by molar-refractivity contribution is 6.35. The van der Waals surface area contributed by atoms with E-state index in [1.54, 1.807) is 23.1 Å². The van der Waals surface area contributed by atoms with Crippen LogP contribution < -0.4 is 5.32 Å². The maximum absolute atomic E-state index is 12.4. The first-order valence-corrected chi connectivity index (χ1v) is 7.91. The molecule has 1 aromatic carbocycles. The Morgan fingerprint density at radius 2 is 2.00 bits per heavy atom. The normalized spacial score (nSPS) is 17.6. The van der Waals surface area contributed by atoms with Gasteiger partial charge in [-0.1, -0.05) is 23.2 Å². The summed E-state index contributed by atoms with van der Waals surface area (Å²) < 4.78 is 5.13. The number of hydrogen-bond acceptors (Lipinski definition) is 3.